The van der Waals surface area contributed by atoms with Crippen molar-refractivity contribution in [2.75, 3.05) is 26.2 Å². The molecule has 1 aromatic rings. The third-order valence-corrected chi connectivity index (χ3v) is 7.79. The molecule has 1 aromatic carbocycles. The van der Waals surface area contributed by atoms with Crippen molar-refractivity contribution in [3.8, 4) is 0 Å². The number of carbonyl (C=O) groups excluding carboxylic acids is 1. The Bertz CT molecular complexity index is 704. The highest BCUT2D eigenvalue weighted by atomic mass is 79.9. The van der Waals surface area contributed by atoms with E-state index in [-0.39, 0.29) is 11.8 Å². The minimum Gasteiger partial charge on any atom is -0.342 e. The highest BCUT2D eigenvalue weighted by molar-refractivity contribution is 9.10. The van der Waals surface area contributed by atoms with Gasteiger partial charge in [-0.3, -0.25) is 4.79 Å². The van der Waals surface area contributed by atoms with Crippen molar-refractivity contribution >= 4 is 31.9 Å². The molecule has 0 N–H and O–H groups in total. The summed E-state index contributed by atoms with van der Waals surface area (Å²) in [5.74, 6) is 0.874. The molecule has 0 saturated carbocycles. The number of sulfonamides is 1. The number of rotatable bonds is 3. The van der Waals surface area contributed by atoms with Crippen LogP contribution in [0.5, 0.6) is 0 Å². The summed E-state index contributed by atoms with van der Waals surface area (Å²) in [6.07, 6.45) is 3.37. The first-order chi connectivity index (χ1) is 11.9. The van der Waals surface area contributed by atoms with E-state index in [1.807, 2.05) is 4.90 Å². The standard InChI is InChI=1S/C18H25BrN2O3S/c1-14-6-10-20(11-7-14)18(22)15-8-12-21(13-9-15)25(23,24)17-4-2-16(19)3-5-17/h2-5,14-15H,6-13H2,1H3. The predicted molar refractivity (Wildman–Crippen MR) is 101 cm³/mol. The van der Waals surface area contributed by atoms with Gasteiger partial charge in [0, 0.05) is 36.6 Å². The first kappa shape index (κ1) is 18.9. The molecule has 0 aliphatic carbocycles. The zero-order valence-electron chi connectivity index (χ0n) is 14.5. The smallest absolute Gasteiger partial charge is 0.243 e. The number of carbonyl (C=O) groups is 1. The van der Waals surface area contributed by atoms with Gasteiger partial charge in [-0.15, -0.1) is 0 Å². The molecule has 2 saturated heterocycles. The summed E-state index contributed by atoms with van der Waals surface area (Å²) in [6.45, 7) is 4.75. The average Bonchev–Trinajstić information content (AvgIpc) is 2.62. The normalized spacial score (nSPS) is 21.4. The molecule has 2 heterocycles. The van der Waals surface area contributed by atoms with Gasteiger partial charge in [-0.25, -0.2) is 8.42 Å². The van der Waals surface area contributed by atoms with E-state index >= 15 is 0 Å². The van der Waals surface area contributed by atoms with Crippen LogP contribution in [0.25, 0.3) is 0 Å². The zero-order chi connectivity index (χ0) is 18.0. The second-order valence-corrected chi connectivity index (χ2v) is 9.99. The highest BCUT2D eigenvalue weighted by Gasteiger charge is 2.34. The molecule has 2 aliphatic heterocycles. The maximum atomic E-state index is 12.7. The first-order valence-electron chi connectivity index (χ1n) is 8.92. The van der Waals surface area contributed by atoms with Gasteiger partial charge in [0.25, 0.3) is 0 Å². The quantitative estimate of drug-likeness (QED) is 0.742. The van der Waals surface area contributed by atoms with Crippen molar-refractivity contribution in [1.82, 2.24) is 9.21 Å². The third kappa shape index (κ3) is 4.26. The van der Waals surface area contributed by atoms with Crippen LogP contribution in [0.1, 0.15) is 32.6 Å². The van der Waals surface area contributed by atoms with Crippen molar-refractivity contribution in [3.63, 3.8) is 0 Å². The molecule has 1 amide bonds. The average molecular weight is 429 g/mol. The van der Waals surface area contributed by atoms with Gasteiger partial charge in [-0.2, -0.15) is 4.31 Å². The molecule has 0 unspecified atom stereocenters. The van der Waals surface area contributed by atoms with Gasteiger partial charge in [0.2, 0.25) is 15.9 Å². The lowest BCUT2D eigenvalue weighted by atomic mass is 9.93. The number of nitrogens with zero attached hydrogens (tertiary/aromatic N) is 2. The fourth-order valence-corrected chi connectivity index (χ4v) is 5.32. The Morgan fingerprint density at radius 2 is 1.56 bits per heavy atom. The van der Waals surface area contributed by atoms with Crippen LogP contribution in [0.4, 0.5) is 0 Å². The SMILES string of the molecule is CC1CCN(C(=O)C2CCN(S(=O)(=O)c3ccc(Br)cc3)CC2)CC1. The molecular weight excluding hydrogens is 404 g/mol. The Kier molecular flexibility index (Phi) is 5.85. The van der Waals surface area contributed by atoms with Crippen molar-refractivity contribution in [2.24, 2.45) is 11.8 Å². The van der Waals surface area contributed by atoms with Crippen molar-refractivity contribution in [3.05, 3.63) is 28.7 Å². The summed E-state index contributed by atoms with van der Waals surface area (Å²) in [5, 5.41) is 0. The van der Waals surface area contributed by atoms with Crippen LogP contribution in [0.3, 0.4) is 0 Å². The van der Waals surface area contributed by atoms with E-state index in [0.717, 1.165) is 30.4 Å². The predicted octanol–water partition coefficient (Wildman–Crippen LogP) is 3.11. The summed E-state index contributed by atoms with van der Waals surface area (Å²) in [7, 11) is -3.47. The van der Waals surface area contributed by atoms with Crippen LogP contribution in [0.2, 0.25) is 0 Å². The Morgan fingerprint density at radius 3 is 2.12 bits per heavy atom. The molecule has 0 spiro atoms. The Morgan fingerprint density at radius 1 is 1.00 bits per heavy atom. The summed E-state index contributed by atoms with van der Waals surface area (Å²) < 4.78 is 27.8. The lowest BCUT2D eigenvalue weighted by molar-refractivity contribution is -0.138. The number of halogens is 1. The summed E-state index contributed by atoms with van der Waals surface area (Å²) >= 11 is 3.32. The van der Waals surface area contributed by atoms with Crippen LogP contribution in [-0.2, 0) is 14.8 Å². The highest BCUT2D eigenvalue weighted by Crippen LogP contribution is 2.27. The van der Waals surface area contributed by atoms with Crippen LogP contribution < -0.4 is 0 Å². The first-order valence-corrected chi connectivity index (χ1v) is 11.2. The lowest BCUT2D eigenvalue weighted by Crippen LogP contribution is -2.46. The van der Waals surface area contributed by atoms with Crippen molar-refractivity contribution < 1.29 is 13.2 Å². The van der Waals surface area contributed by atoms with Crippen LogP contribution in [0, 0.1) is 11.8 Å². The van der Waals surface area contributed by atoms with Crippen molar-refractivity contribution in [2.45, 2.75) is 37.5 Å². The summed E-state index contributed by atoms with van der Waals surface area (Å²) in [6, 6.07) is 6.71. The van der Waals surface area contributed by atoms with E-state index in [1.54, 1.807) is 24.3 Å². The Hall–Kier alpha value is -0.920. The van der Waals surface area contributed by atoms with E-state index in [0.29, 0.717) is 36.7 Å². The van der Waals surface area contributed by atoms with Crippen LogP contribution >= 0.6 is 15.9 Å². The number of hydrogen-bond donors (Lipinski definition) is 0. The van der Waals surface area contributed by atoms with Gasteiger partial charge in [0.15, 0.2) is 0 Å². The number of piperidine rings is 2. The molecular formula is C18H25BrN2O3S. The van der Waals surface area contributed by atoms with E-state index in [2.05, 4.69) is 22.9 Å². The van der Waals surface area contributed by atoms with E-state index in [1.165, 1.54) is 4.31 Å². The lowest BCUT2D eigenvalue weighted by Gasteiger charge is -2.36. The minimum absolute atomic E-state index is 0.0372. The molecule has 138 valence electrons. The number of likely N-dealkylation sites (tertiary alicyclic amines) is 1. The molecule has 0 bridgehead atoms. The second-order valence-electron chi connectivity index (χ2n) is 7.14. The van der Waals surface area contributed by atoms with E-state index in [9.17, 15) is 13.2 Å². The Balaban J connectivity index is 1.59. The maximum Gasteiger partial charge on any atom is 0.243 e. The molecule has 7 heteroatoms. The van der Waals surface area contributed by atoms with Crippen molar-refractivity contribution in [1.29, 1.82) is 0 Å². The van der Waals surface area contributed by atoms with Gasteiger partial charge >= 0.3 is 0 Å². The van der Waals surface area contributed by atoms with Gasteiger partial charge < -0.3 is 4.90 Å². The van der Waals surface area contributed by atoms with Crippen LogP contribution in [-0.4, -0.2) is 49.7 Å². The molecule has 0 atom stereocenters. The Labute approximate surface area is 158 Å². The summed E-state index contributed by atoms with van der Waals surface area (Å²) in [4.78, 5) is 15.0. The largest absolute Gasteiger partial charge is 0.342 e. The van der Waals surface area contributed by atoms with Gasteiger partial charge in [-0.1, -0.05) is 22.9 Å². The van der Waals surface area contributed by atoms with E-state index < -0.39 is 10.0 Å². The monoisotopic (exact) mass is 428 g/mol. The fourth-order valence-electron chi connectivity index (χ4n) is 3.59. The van der Waals surface area contributed by atoms with Gasteiger partial charge in [0.05, 0.1) is 4.90 Å². The van der Waals surface area contributed by atoms with Gasteiger partial charge in [-0.05, 0) is 55.9 Å². The molecule has 25 heavy (non-hydrogen) atoms. The number of amides is 1. The minimum atomic E-state index is -3.47. The maximum absolute atomic E-state index is 12.7. The molecule has 2 aliphatic rings. The fraction of sp³-hybridized carbons (Fsp3) is 0.611. The molecule has 5 nitrogen and oxygen atoms in total. The second kappa shape index (κ2) is 7.76. The zero-order valence-corrected chi connectivity index (χ0v) is 16.9. The third-order valence-electron chi connectivity index (χ3n) is 5.35. The number of benzene rings is 1. The molecule has 2 fully saturated rings. The summed E-state index contributed by atoms with van der Waals surface area (Å²) in [5.41, 5.74) is 0. The molecule has 0 aromatic heterocycles. The molecule has 0 radical (unpaired) electrons. The van der Waals surface area contributed by atoms with Crippen LogP contribution in [0.15, 0.2) is 33.6 Å². The number of hydrogen-bond acceptors (Lipinski definition) is 3. The molecule has 3 rings (SSSR count). The van der Waals surface area contributed by atoms with Gasteiger partial charge in [0.1, 0.15) is 0 Å². The van der Waals surface area contributed by atoms with E-state index in [4.69, 9.17) is 0 Å². The topological polar surface area (TPSA) is 57.7 Å².